The Kier molecular flexibility index (Phi) is 4.93. The summed E-state index contributed by atoms with van der Waals surface area (Å²) >= 11 is 0. The smallest absolute Gasteiger partial charge is 0.253 e. The highest BCUT2D eigenvalue weighted by Gasteiger charge is 2.33. The summed E-state index contributed by atoms with van der Waals surface area (Å²) in [4.78, 5) is 19.7. The number of hydrogen-bond donors (Lipinski definition) is 0. The van der Waals surface area contributed by atoms with Crippen molar-refractivity contribution in [2.75, 3.05) is 46.3 Å². The number of fused-ring (bicyclic) bond motifs is 1. The fourth-order valence-electron chi connectivity index (χ4n) is 4.02. The van der Waals surface area contributed by atoms with Crippen molar-refractivity contribution in [3.05, 3.63) is 59.7 Å². The molecule has 2 aliphatic rings. The average molecular weight is 371 g/mol. The van der Waals surface area contributed by atoms with Crippen LogP contribution in [0.15, 0.2) is 42.5 Å². The van der Waals surface area contributed by atoms with E-state index in [0.717, 1.165) is 32.2 Å². The normalized spacial score (nSPS) is 21.1. The molecule has 27 heavy (non-hydrogen) atoms. The highest BCUT2D eigenvalue weighted by Crippen LogP contribution is 2.25. The molecule has 142 valence electrons. The predicted molar refractivity (Wildman–Crippen MR) is 101 cm³/mol. The zero-order valence-corrected chi connectivity index (χ0v) is 15.4. The molecule has 2 aliphatic heterocycles. The number of carbonyl (C=O) groups is 1. The molecule has 2 aromatic rings. The third-order valence-electron chi connectivity index (χ3n) is 5.53. The molecule has 6 heteroatoms. The molecule has 1 amide bonds. The number of amides is 1. The number of likely N-dealkylation sites (N-methyl/N-ethyl adjacent to an activating group) is 1. The van der Waals surface area contributed by atoms with Gasteiger partial charge in [-0.25, -0.2) is 8.78 Å². The molecule has 4 nitrogen and oxygen atoms in total. The summed E-state index contributed by atoms with van der Waals surface area (Å²) < 4.78 is 27.3. The van der Waals surface area contributed by atoms with Crippen LogP contribution < -0.4 is 0 Å². The summed E-state index contributed by atoms with van der Waals surface area (Å²) in [6, 6.07) is 10.8. The van der Waals surface area contributed by atoms with Crippen LogP contribution in [0.4, 0.5) is 8.78 Å². The van der Waals surface area contributed by atoms with Crippen molar-refractivity contribution < 1.29 is 13.6 Å². The molecule has 2 fully saturated rings. The second kappa shape index (κ2) is 7.37. The zero-order chi connectivity index (χ0) is 19.0. The first-order chi connectivity index (χ1) is 13.0. The maximum Gasteiger partial charge on any atom is 0.253 e. The molecular weight excluding hydrogens is 348 g/mol. The number of piperazine rings is 2. The van der Waals surface area contributed by atoms with Crippen molar-refractivity contribution >= 4 is 5.91 Å². The quantitative estimate of drug-likeness (QED) is 0.812. The van der Waals surface area contributed by atoms with Gasteiger partial charge in [-0.3, -0.25) is 9.69 Å². The van der Waals surface area contributed by atoms with Gasteiger partial charge in [0.2, 0.25) is 0 Å². The van der Waals surface area contributed by atoms with Crippen molar-refractivity contribution in [2.45, 2.75) is 6.04 Å². The molecule has 2 aromatic carbocycles. The van der Waals surface area contributed by atoms with Gasteiger partial charge in [0.1, 0.15) is 11.6 Å². The molecule has 0 N–H and O–H groups in total. The zero-order valence-electron chi connectivity index (χ0n) is 15.4. The van der Waals surface area contributed by atoms with E-state index in [4.69, 9.17) is 0 Å². The molecule has 1 unspecified atom stereocenters. The fraction of sp³-hybridized carbons (Fsp3) is 0.381. The van der Waals surface area contributed by atoms with Crippen LogP contribution in [-0.2, 0) is 0 Å². The topological polar surface area (TPSA) is 26.8 Å². The van der Waals surface area contributed by atoms with Gasteiger partial charge in [0.05, 0.1) is 0 Å². The first kappa shape index (κ1) is 18.1. The molecule has 2 heterocycles. The summed E-state index contributed by atoms with van der Waals surface area (Å²) in [5.74, 6) is -1.27. The van der Waals surface area contributed by atoms with Gasteiger partial charge in [-0.1, -0.05) is 12.1 Å². The van der Waals surface area contributed by atoms with Crippen molar-refractivity contribution in [1.82, 2.24) is 14.7 Å². The highest BCUT2D eigenvalue weighted by molar-refractivity contribution is 5.95. The van der Waals surface area contributed by atoms with Gasteiger partial charge in [-0.15, -0.1) is 0 Å². The molecular formula is C21H23F2N3O. The largest absolute Gasteiger partial charge is 0.336 e. The Bertz CT molecular complexity index is 857. The SMILES string of the molecule is CN1CCN2CCN(C(=O)c3cccc(-c4ccc(F)cc4F)c3)CC2C1. The van der Waals surface area contributed by atoms with Crippen molar-refractivity contribution in [3.63, 3.8) is 0 Å². The molecule has 0 saturated carbocycles. The molecule has 1 atom stereocenters. The fourth-order valence-corrected chi connectivity index (χ4v) is 4.02. The summed E-state index contributed by atoms with van der Waals surface area (Å²) in [6.07, 6.45) is 0. The summed E-state index contributed by atoms with van der Waals surface area (Å²) in [5.41, 5.74) is 1.41. The second-order valence-corrected chi connectivity index (χ2v) is 7.41. The summed E-state index contributed by atoms with van der Waals surface area (Å²) in [6.45, 7) is 5.37. The standard InChI is InChI=1S/C21H23F2N3O/c1-24-7-8-25-9-10-26(14-18(25)13-24)21(27)16-4-2-3-15(11-16)19-6-5-17(22)12-20(19)23/h2-6,11-12,18H,7-10,13-14H2,1H3. The van der Waals surface area contributed by atoms with E-state index >= 15 is 0 Å². The van der Waals surface area contributed by atoms with E-state index in [-0.39, 0.29) is 5.91 Å². The number of halogens is 2. The van der Waals surface area contributed by atoms with E-state index in [1.807, 2.05) is 4.90 Å². The maximum atomic E-state index is 14.1. The third kappa shape index (κ3) is 3.73. The first-order valence-corrected chi connectivity index (χ1v) is 9.28. The van der Waals surface area contributed by atoms with Crippen LogP contribution in [0.2, 0.25) is 0 Å². The Morgan fingerprint density at radius 3 is 2.63 bits per heavy atom. The van der Waals surface area contributed by atoms with Crippen LogP contribution in [0, 0.1) is 11.6 Å². The van der Waals surface area contributed by atoms with Crippen LogP contribution in [0.3, 0.4) is 0 Å². The highest BCUT2D eigenvalue weighted by atomic mass is 19.1. The van der Waals surface area contributed by atoms with Gasteiger partial charge in [0.15, 0.2) is 0 Å². The minimum absolute atomic E-state index is 0.0350. The van der Waals surface area contributed by atoms with Crippen molar-refractivity contribution in [3.8, 4) is 11.1 Å². The summed E-state index contributed by atoms with van der Waals surface area (Å²) in [7, 11) is 2.11. The Morgan fingerprint density at radius 1 is 1.00 bits per heavy atom. The number of benzene rings is 2. The number of nitrogens with zero attached hydrogens (tertiary/aromatic N) is 3. The maximum absolute atomic E-state index is 14.1. The van der Waals surface area contributed by atoms with Gasteiger partial charge >= 0.3 is 0 Å². The van der Waals surface area contributed by atoms with Gasteiger partial charge < -0.3 is 9.80 Å². The minimum atomic E-state index is -0.626. The van der Waals surface area contributed by atoms with Gasteiger partial charge in [0, 0.05) is 62.5 Å². The van der Waals surface area contributed by atoms with Gasteiger partial charge in [0.25, 0.3) is 5.91 Å². The molecule has 2 saturated heterocycles. The predicted octanol–water partition coefficient (Wildman–Crippen LogP) is 2.70. The van der Waals surface area contributed by atoms with Crippen molar-refractivity contribution in [2.24, 2.45) is 0 Å². The Morgan fingerprint density at radius 2 is 1.81 bits per heavy atom. The minimum Gasteiger partial charge on any atom is -0.336 e. The lowest BCUT2D eigenvalue weighted by molar-refractivity contribution is 0.0190. The first-order valence-electron chi connectivity index (χ1n) is 9.28. The molecule has 0 aliphatic carbocycles. The molecule has 0 bridgehead atoms. The van der Waals surface area contributed by atoms with E-state index in [2.05, 4.69) is 16.8 Å². The molecule has 4 rings (SSSR count). The average Bonchev–Trinajstić information content (AvgIpc) is 2.67. The number of carbonyl (C=O) groups excluding carboxylic acids is 1. The van der Waals surface area contributed by atoms with Crippen LogP contribution in [0.1, 0.15) is 10.4 Å². The summed E-state index contributed by atoms with van der Waals surface area (Å²) in [5, 5.41) is 0. The lowest BCUT2D eigenvalue weighted by atomic mass is 10.0. The van der Waals surface area contributed by atoms with E-state index in [1.165, 1.54) is 12.1 Å². The van der Waals surface area contributed by atoms with Crippen molar-refractivity contribution in [1.29, 1.82) is 0 Å². The molecule has 0 spiro atoms. The third-order valence-corrected chi connectivity index (χ3v) is 5.53. The van der Waals surface area contributed by atoms with Crippen LogP contribution >= 0.6 is 0 Å². The van der Waals surface area contributed by atoms with Gasteiger partial charge in [-0.2, -0.15) is 0 Å². The number of rotatable bonds is 2. The molecule has 0 radical (unpaired) electrons. The Labute approximate surface area is 158 Å². The lowest BCUT2D eigenvalue weighted by Crippen LogP contribution is -2.62. The second-order valence-electron chi connectivity index (χ2n) is 7.41. The van der Waals surface area contributed by atoms with Crippen LogP contribution in [0.5, 0.6) is 0 Å². The molecule has 0 aromatic heterocycles. The van der Waals surface area contributed by atoms with Crippen LogP contribution in [0.25, 0.3) is 11.1 Å². The van der Waals surface area contributed by atoms with E-state index in [9.17, 15) is 13.6 Å². The Hall–Kier alpha value is -2.31. The number of hydrogen-bond acceptors (Lipinski definition) is 3. The van der Waals surface area contributed by atoms with E-state index < -0.39 is 11.6 Å². The lowest BCUT2D eigenvalue weighted by Gasteiger charge is -2.46. The van der Waals surface area contributed by atoms with E-state index in [1.54, 1.807) is 24.3 Å². The van der Waals surface area contributed by atoms with Gasteiger partial charge in [-0.05, 0) is 36.9 Å². The monoisotopic (exact) mass is 371 g/mol. The Balaban J connectivity index is 1.54. The van der Waals surface area contributed by atoms with Crippen LogP contribution in [-0.4, -0.2) is 73.0 Å². The van der Waals surface area contributed by atoms with E-state index in [0.29, 0.717) is 35.8 Å².